The molecule has 0 heterocycles. The predicted molar refractivity (Wildman–Crippen MR) is 64.8 cm³/mol. The number of hydrogen-bond acceptors (Lipinski definition) is 1. The Morgan fingerprint density at radius 2 is 1.73 bits per heavy atom. The monoisotopic (exact) mass is 206 g/mol. The number of Topliss-reactive ketones (excluding diaryl/α,β-unsaturated/α-hetero) is 1. The summed E-state index contributed by atoms with van der Waals surface area (Å²) in [6, 6.07) is 0. The van der Waals surface area contributed by atoms with E-state index in [2.05, 4.69) is 26.0 Å². The maximum absolute atomic E-state index is 11.7. The molecule has 0 saturated carbocycles. The number of carbonyl (C=O) groups is 1. The van der Waals surface area contributed by atoms with E-state index in [0.717, 1.165) is 32.1 Å². The van der Waals surface area contributed by atoms with Gasteiger partial charge in [-0.3, -0.25) is 4.79 Å². The van der Waals surface area contributed by atoms with Gasteiger partial charge in [0.1, 0.15) is 5.78 Å². The van der Waals surface area contributed by atoms with Gasteiger partial charge in [0.2, 0.25) is 0 Å². The molecule has 1 nitrogen and oxygen atoms in total. The van der Waals surface area contributed by atoms with Gasteiger partial charge in [-0.2, -0.15) is 0 Å². The van der Waals surface area contributed by atoms with Gasteiger partial charge in [0.25, 0.3) is 0 Å². The first kappa shape index (κ1) is 12.2. The highest BCUT2D eigenvalue weighted by molar-refractivity contribution is 5.81. The molecule has 0 radical (unpaired) electrons. The Hall–Kier alpha value is -0.850. The predicted octanol–water partition coefficient (Wildman–Crippen LogP) is 4.05. The van der Waals surface area contributed by atoms with Crippen LogP contribution in [0.25, 0.3) is 0 Å². The van der Waals surface area contributed by atoms with Crippen LogP contribution < -0.4 is 0 Å². The van der Waals surface area contributed by atoms with E-state index in [4.69, 9.17) is 0 Å². The lowest BCUT2D eigenvalue weighted by atomic mass is 9.97. The molecule has 84 valence electrons. The third-order valence-electron chi connectivity index (χ3n) is 3.17. The largest absolute Gasteiger partial charge is 0.299 e. The second-order valence-electron chi connectivity index (χ2n) is 4.74. The average Bonchev–Trinajstić information content (AvgIpc) is 2.23. The molecule has 1 heteroatoms. The number of carbonyl (C=O) groups excluding carboxylic acids is 1. The van der Waals surface area contributed by atoms with Crippen molar-refractivity contribution in [3.8, 4) is 0 Å². The van der Waals surface area contributed by atoms with Gasteiger partial charge in [0.15, 0.2) is 0 Å². The molecule has 0 aromatic carbocycles. The Balaban J connectivity index is 2.70. The van der Waals surface area contributed by atoms with Crippen LogP contribution in [0.3, 0.4) is 0 Å². The summed E-state index contributed by atoms with van der Waals surface area (Å²) in [5, 5.41) is 0. The molecule has 0 amide bonds. The van der Waals surface area contributed by atoms with E-state index >= 15 is 0 Å². The van der Waals surface area contributed by atoms with Gasteiger partial charge in [0, 0.05) is 12.3 Å². The van der Waals surface area contributed by atoms with Crippen LogP contribution in [0.4, 0.5) is 0 Å². The molecule has 15 heavy (non-hydrogen) atoms. The summed E-state index contributed by atoms with van der Waals surface area (Å²) in [5.74, 6) is 0.611. The van der Waals surface area contributed by atoms with Gasteiger partial charge in [-0.15, -0.1) is 0 Å². The van der Waals surface area contributed by atoms with E-state index in [0.29, 0.717) is 5.78 Å². The molecule has 0 aliphatic heterocycles. The lowest BCUT2D eigenvalue weighted by Crippen LogP contribution is -2.09. The highest BCUT2D eigenvalue weighted by atomic mass is 16.1. The standard InChI is InChI=1S/C14H22O/c1-11-5-4-6-12(2)8-10-14(15)13(3)9-7-11/h6-7,13H,4-5,8-10H2,1-3H3/b11-7+,12-6+. The minimum absolute atomic E-state index is 0.200. The molecule has 0 spiro atoms. The molecule has 0 fully saturated rings. The average molecular weight is 206 g/mol. The number of ketones is 1. The fourth-order valence-corrected chi connectivity index (χ4v) is 1.83. The number of hydrogen-bond donors (Lipinski definition) is 0. The van der Waals surface area contributed by atoms with Crippen molar-refractivity contribution in [1.82, 2.24) is 0 Å². The Morgan fingerprint density at radius 3 is 2.47 bits per heavy atom. The van der Waals surface area contributed by atoms with Crippen LogP contribution in [-0.2, 0) is 4.79 Å². The SMILES string of the molecule is C/C1=C\CC(C)C(=O)CC/C(C)=C/CC1. The fraction of sp³-hybridized carbons (Fsp3) is 0.643. The Morgan fingerprint density at radius 1 is 1.07 bits per heavy atom. The number of allylic oxidation sites excluding steroid dienone is 4. The van der Waals surface area contributed by atoms with Crippen molar-refractivity contribution < 1.29 is 4.79 Å². The van der Waals surface area contributed by atoms with Crippen molar-refractivity contribution in [2.24, 2.45) is 5.92 Å². The summed E-state index contributed by atoms with van der Waals surface area (Å²) in [6.07, 6.45) is 9.36. The lowest BCUT2D eigenvalue weighted by Gasteiger charge is -2.07. The van der Waals surface area contributed by atoms with Crippen LogP contribution >= 0.6 is 0 Å². The van der Waals surface area contributed by atoms with Crippen molar-refractivity contribution in [2.75, 3.05) is 0 Å². The number of rotatable bonds is 0. The van der Waals surface area contributed by atoms with Gasteiger partial charge in [-0.1, -0.05) is 30.2 Å². The van der Waals surface area contributed by atoms with E-state index in [1.807, 2.05) is 6.92 Å². The van der Waals surface area contributed by atoms with E-state index in [1.54, 1.807) is 0 Å². The molecule has 0 aromatic heterocycles. The summed E-state index contributed by atoms with van der Waals surface area (Å²) in [5.41, 5.74) is 2.78. The van der Waals surface area contributed by atoms with Crippen LogP contribution in [0.15, 0.2) is 23.3 Å². The highest BCUT2D eigenvalue weighted by Gasteiger charge is 2.12. The first-order valence-electron chi connectivity index (χ1n) is 5.93. The van der Waals surface area contributed by atoms with Crippen molar-refractivity contribution in [1.29, 1.82) is 0 Å². The Bertz CT molecular complexity index is 284. The quantitative estimate of drug-likeness (QED) is 0.546. The highest BCUT2D eigenvalue weighted by Crippen LogP contribution is 2.17. The third kappa shape index (κ3) is 4.46. The Kier molecular flexibility index (Phi) is 4.80. The van der Waals surface area contributed by atoms with Gasteiger partial charge in [-0.05, 0) is 39.5 Å². The molecule has 1 aliphatic carbocycles. The third-order valence-corrected chi connectivity index (χ3v) is 3.17. The van der Waals surface area contributed by atoms with E-state index < -0.39 is 0 Å². The van der Waals surface area contributed by atoms with Crippen LogP contribution in [-0.4, -0.2) is 5.78 Å². The maximum atomic E-state index is 11.7. The molecule has 1 aliphatic rings. The molecule has 1 atom stereocenters. The van der Waals surface area contributed by atoms with Crippen molar-refractivity contribution >= 4 is 5.78 Å². The lowest BCUT2D eigenvalue weighted by molar-refractivity contribution is -0.122. The molecule has 0 N–H and O–H groups in total. The molecule has 0 aromatic rings. The zero-order chi connectivity index (χ0) is 11.3. The molecular formula is C14H22O. The molecule has 0 bridgehead atoms. The van der Waals surface area contributed by atoms with Crippen LogP contribution in [0.1, 0.15) is 52.9 Å². The molecule has 0 saturated heterocycles. The summed E-state index contributed by atoms with van der Waals surface area (Å²) in [7, 11) is 0. The van der Waals surface area contributed by atoms with Crippen LogP contribution in [0.2, 0.25) is 0 Å². The first-order valence-corrected chi connectivity index (χ1v) is 5.93. The smallest absolute Gasteiger partial charge is 0.136 e. The first-order chi connectivity index (χ1) is 7.09. The van der Waals surface area contributed by atoms with Crippen molar-refractivity contribution in [3.63, 3.8) is 0 Å². The Labute approximate surface area is 93.3 Å². The maximum Gasteiger partial charge on any atom is 0.136 e. The van der Waals surface area contributed by atoms with Gasteiger partial charge < -0.3 is 0 Å². The molecule has 1 rings (SSSR count). The fourth-order valence-electron chi connectivity index (χ4n) is 1.83. The zero-order valence-electron chi connectivity index (χ0n) is 10.2. The molecular weight excluding hydrogens is 184 g/mol. The summed E-state index contributed by atoms with van der Waals surface area (Å²) in [6.45, 7) is 6.34. The second-order valence-corrected chi connectivity index (χ2v) is 4.74. The van der Waals surface area contributed by atoms with Crippen LogP contribution in [0.5, 0.6) is 0 Å². The minimum Gasteiger partial charge on any atom is -0.299 e. The summed E-state index contributed by atoms with van der Waals surface area (Å²) >= 11 is 0. The summed E-state index contributed by atoms with van der Waals surface area (Å²) < 4.78 is 0. The van der Waals surface area contributed by atoms with Crippen molar-refractivity contribution in [2.45, 2.75) is 52.9 Å². The zero-order valence-corrected chi connectivity index (χ0v) is 10.2. The minimum atomic E-state index is 0.200. The van der Waals surface area contributed by atoms with E-state index in [9.17, 15) is 4.79 Å². The normalized spacial score (nSPS) is 32.2. The topological polar surface area (TPSA) is 17.1 Å². The molecule has 1 unspecified atom stereocenters. The van der Waals surface area contributed by atoms with E-state index in [-0.39, 0.29) is 5.92 Å². The van der Waals surface area contributed by atoms with E-state index in [1.165, 1.54) is 11.1 Å². The van der Waals surface area contributed by atoms with Gasteiger partial charge in [-0.25, -0.2) is 0 Å². The van der Waals surface area contributed by atoms with Gasteiger partial charge in [0.05, 0.1) is 0 Å². The second kappa shape index (κ2) is 5.89. The van der Waals surface area contributed by atoms with Crippen molar-refractivity contribution in [3.05, 3.63) is 23.3 Å². The summed E-state index contributed by atoms with van der Waals surface area (Å²) in [4.78, 5) is 11.7. The van der Waals surface area contributed by atoms with Gasteiger partial charge >= 0.3 is 0 Å². The van der Waals surface area contributed by atoms with Crippen LogP contribution in [0, 0.1) is 5.92 Å².